The Morgan fingerprint density at radius 1 is 1.38 bits per heavy atom. The van der Waals surface area contributed by atoms with Gasteiger partial charge in [-0.2, -0.15) is 0 Å². The van der Waals surface area contributed by atoms with Crippen LogP contribution in [-0.2, 0) is 0 Å². The van der Waals surface area contributed by atoms with Gasteiger partial charge >= 0.3 is 0 Å². The lowest BCUT2D eigenvalue weighted by molar-refractivity contribution is 0.509. The molecule has 0 aliphatic carbocycles. The largest absolute Gasteiger partial charge is 0.324 e. The minimum absolute atomic E-state index is 0.0773. The molecule has 0 heterocycles. The van der Waals surface area contributed by atoms with Crippen molar-refractivity contribution in [3.8, 4) is 0 Å². The summed E-state index contributed by atoms with van der Waals surface area (Å²) in [6.07, 6.45) is 0. The van der Waals surface area contributed by atoms with Crippen LogP contribution in [0.25, 0.3) is 0 Å². The highest BCUT2D eigenvalue weighted by Gasteiger charge is 2.11. The second-order valence-corrected chi connectivity index (χ2v) is 4.61. The van der Waals surface area contributed by atoms with Crippen LogP contribution in [0.4, 0.5) is 4.39 Å². The van der Waals surface area contributed by atoms with E-state index < -0.39 is 0 Å². The summed E-state index contributed by atoms with van der Waals surface area (Å²) < 4.78 is 13.8. The molecule has 0 saturated carbocycles. The van der Waals surface area contributed by atoms with Crippen molar-refractivity contribution in [2.45, 2.75) is 19.9 Å². The highest BCUT2D eigenvalue weighted by atomic mass is 127. The van der Waals surface area contributed by atoms with E-state index in [0.717, 1.165) is 5.56 Å². The van der Waals surface area contributed by atoms with E-state index >= 15 is 0 Å². The molecule has 0 radical (unpaired) electrons. The van der Waals surface area contributed by atoms with Crippen molar-refractivity contribution < 1.29 is 4.39 Å². The molecule has 0 saturated heterocycles. The van der Waals surface area contributed by atoms with Gasteiger partial charge in [-0.25, -0.2) is 4.39 Å². The lowest BCUT2D eigenvalue weighted by Crippen LogP contribution is -2.16. The summed E-state index contributed by atoms with van der Waals surface area (Å²) in [5, 5.41) is 0. The lowest BCUT2D eigenvalue weighted by atomic mass is 9.97. The molecule has 1 atom stereocenters. The van der Waals surface area contributed by atoms with E-state index in [1.807, 2.05) is 42.5 Å². The molecule has 0 bridgehead atoms. The standard InChI is InChI=1S/C10H13FIN/c1-6(2)10(13)7-3-4-9(12)8(11)5-7/h3-6,10H,13H2,1-2H3. The van der Waals surface area contributed by atoms with Crippen LogP contribution in [0.3, 0.4) is 0 Å². The SMILES string of the molecule is CC(C)C(N)c1ccc(I)c(F)c1. The first-order valence-corrected chi connectivity index (χ1v) is 5.30. The van der Waals surface area contributed by atoms with E-state index in [2.05, 4.69) is 0 Å². The van der Waals surface area contributed by atoms with Gasteiger partial charge < -0.3 is 5.73 Å². The summed E-state index contributed by atoms with van der Waals surface area (Å²) in [7, 11) is 0. The molecule has 0 aliphatic heterocycles. The molecule has 1 rings (SSSR count). The molecule has 0 fully saturated rings. The third-order valence-corrected chi connectivity index (χ3v) is 2.92. The van der Waals surface area contributed by atoms with E-state index in [4.69, 9.17) is 5.73 Å². The molecule has 72 valence electrons. The Balaban J connectivity index is 2.97. The normalized spacial score (nSPS) is 13.4. The van der Waals surface area contributed by atoms with Crippen LogP contribution in [0.15, 0.2) is 18.2 Å². The first-order valence-electron chi connectivity index (χ1n) is 4.23. The maximum atomic E-state index is 13.1. The lowest BCUT2D eigenvalue weighted by Gasteiger charge is -2.16. The zero-order chi connectivity index (χ0) is 10.0. The van der Waals surface area contributed by atoms with Gasteiger partial charge in [-0.1, -0.05) is 19.9 Å². The second-order valence-electron chi connectivity index (χ2n) is 3.44. The van der Waals surface area contributed by atoms with Gasteiger partial charge in [-0.3, -0.25) is 0 Å². The quantitative estimate of drug-likeness (QED) is 0.833. The fourth-order valence-electron chi connectivity index (χ4n) is 1.10. The molecule has 2 N–H and O–H groups in total. The monoisotopic (exact) mass is 293 g/mol. The number of halogens is 2. The fourth-order valence-corrected chi connectivity index (χ4v) is 1.44. The van der Waals surface area contributed by atoms with Crippen LogP contribution in [0.2, 0.25) is 0 Å². The van der Waals surface area contributed by atoms with E-state index in [1.165, 1.54) is 6.07 Å². The van der Waals surface area contributed by atoms with Crippen LogP contribution in [-0.4, -0.2) is 0 Å². The second kappa shape index (κ2) is 4.37. The van der Waals surface area contributed by atoms with Crippen molar-refractivity contribution >= 4 is 22.6 Å². The highest BCUT2D eigenvalue weighted by molar-refractivity contribution is 14.1. The molecule has 1 unspecified atom stereocenters. The van der Waals surface area contributed by atoms with Gasteiger partial charge in [0.1, 0.15) is 5.82 Å². The Bertz CT molecular complexity index is 299. The molecular weight excluding hydrogens is 280 g/mol. The van der Waals surface area contributed by atoms with E-state index in [0.29, 0.717) is 9.49 Å². The van der Waals surface area contributed by atoms with Gasteiger partial charge in [0.25, 0.3) is 0 Å². The van der Waals surface area contributed by atoms with Gasteiger partial charge in [0, 0.05) is 9.61 Å². The number of nitrogens with two attached hydrogens (primary N) is 1. The summed E-state index contributed by atoms with van der Waals surface area (Å²) in [5.41, 5.74) is 6.76. The molecule has 3 heteroatoms. The summed E-state index contributed by atoms with van der Waals surface area (Å²) >= 11 is 1.97. The summed E-state index contributed by atoms with van der Waals surface area (Å²) in [4.78, 5) is 0. The number of hydrogen-bond acceptors (Lipinski definition) is 1. The maximum absolute atomic E-state index is 13.1. The van der Waals surface area contributed by atoms with Gasteiger partial charge in [-0.15, -0.1) is 0 Å². The molecule has 0 spiro atoms. The van der Waals surface area contributed by atoms with Crippen molar-refractivity contribution in [3.05, 3.63) is 33.1 Å². The molecule has 0 amide bonds. The first-order chi connectivity index (χ1) is 6.02. The molecule has 1 nitrogen and oxygen atoms in total. The molecule has 0 aliphatic rings. The zero-order valence-electron chi connectivity index (χ0n) is 7.72. The van der Waals surface area contributed by atoms with Gasteiger partial charge in [0.15, 0.2) is 0 Å². The van der Waals surface area contributed by atoms with Gasteiger partial charge in [0.2, 0.25) is 0 Å². The minimum atomic E-state index is -0.186. The predicted octanol–water partition coefficient (Wildman–Crippen LogP) is 3.09. The van der Waals surface area contributed by atoms with Crippen molar-refractivity contribution in [2.75, 3.05) is 0 Å². The van der Waals surface area contributed by atoms with Crippen molar-refractivity contribution in [2.24, 2.45) is 11.7 Å². The Labute approximate surface area is 91.7 Å². The van der Waals surface area contributed by atoms with Crippen LogP contribution in [0, 0.1) is 15.3 Å². The Hall–Kier alpha value is -0.160. The topological polar surface area (TPSA) is 26.0 Å². The molecular formula is C10H13FIN. The average molecular weight is 293 g/mol. The van der Waals surface area contributed by atoms with Crippen molar-refractivity contribution in [3.63, 3.8) is 0 Å². The fraction of sp³-hybridized carbons (Fsp3) is 0.400. The smallest absolute Gasteiger partial charge is 0.136 e. The summed E-state index contributed by atoms with van der Waals surface area (Å²) in [6.45, 7) is 4.06. The van der Waals surface area contributed by atoms with Gasteiger partial charge in [-0.05, 0) is 46.2 Å². The van der Waals surface area contributed by atoms with Gasteiger partial charge in [0.05, 0.1) is 0 Å². The van der Waals surface area contributed by atoms with E-state index in [1.54, 1.807) is 6.07 Å². The third-order valence-electron chi connectivity index (χ3n) is 2.05. The van der Waals surface area contributed by atoms with Crippen LogP contribution < -0.4 is 5.73 Å². The van der Waals surface area contributed by atoms with Crippen molar-refractivity contribution in [1.82, 2.24) is 0 Å². The number of benzene rings is 1. The highest BCUT2D eigenvalue weighted by Crippen LogP contribution is 2.21. The molecule has 1 aromatic rings. The molecule has 13 heavy (non-hydrogen) atoms. The summed E-state index contributed by atoms with van der Waals surface area (Å²) in [5.74, 6) is 0.147. The van der Waals surface area contributed by atoms with Crippen LogP contribution in [0.5, 0.6) is 0 Å². The summed E-state index contributed by atoms with van der Waals surface area (Å²) in [6, 6.07) is 5.08. The predicted molar refractivity (Wildman–Crippen MR) is 60.9 cm³/mol. The minimum Gasteiger partial charge on any atom is -0.324 e. The number of hydrogen-bond donors (Lipinski definition) is 1. The van der Waals surface area contributed by atoms with Crippen LogP contribution >= 0.6 is 22.6 Å². The first kappa shape index (κ1) is 10.9. The zero-order valence-corrected chi connectivity index (χ0v) is 9.88. The Morgan fingerprint density at radius 2 is 2.00 bits per heavy atom. The van der Waals surface area contributed by atoms with E-state index in [-0.39, 0.29) is 11.9 Å². The number of rotatable bonds is 2. The molecule has 0 aromatic heterocycles. The van der Waals surface area contributed by atoms with Crippen LogP contribution in [0.1, 0.15) is 25.5 Å². The Morgan fingerprint density at radius 3 is 2.46 bits per heavy atom. The van der Waals surface area contributed by atoms with Crippen molar-refractivity contribution in [1.29, 1.82) is 0 Å². The average Bonchev–Trinajstić information content (AvgIpc) is 2.08. The maximum Gasteiger partial charge on any atom is 0.136 e. The Kier molecular flexibility index (Phi) is 3.67. The van der Waals surface area contributed by atoms with E-state index in [9.17, 15) is 4.39 Å². The third kappa shape index (κ3) is 2.64. The molecule has 1 aromatic carbocycles.